The molecular weight excluding hydrogens is 633 g/mol. The largest absolute Gasteiger partial charge is 0.309 e. The first kappa shape index (κ1) is 29.1. The number of nitrogens with zero attached hydrogens (tertiary/aromatic N) is 4. The summed E-state index contributed by atoms with van der Waals surface area (Å²) in [4.78, 5) is 15.0. The van der Waals surface area contributed by atoms with Gasteiger partial charge in [0.25, 0.3) is 0 Å². The maximum absolute atomic E-state index is 5.26. The van der Waals surface area contributed by atoms with E-state index in [1.165, 1.54) is 65.6 Å². The smallest absolute Gasteiger partial charge is 0.163 e. The van der Waals surface area contributed by atoms with Gasteiger partial charge in [-0.2, -0.15) is 0 Å². The Morgan fingerprint density at radius 1 is 0.500 bits per heavy atom. The lowest BCUT2D eigenvalue weighted by molar-refractivity contribution is 0.660. The molecule has 10 aromatic rings. The van der Waals surface area contributed by atoms with Crippen molar-refractivity contribution in [1.82, 2.24) is 19.5 Å². The molecule has 4 nitrogen and oxygen atoms in total. The van der Waals surface area contributed by atoms with E-state index in [-0.39, 0.29) is 5.41 Å². The maximum Gasteiger partial charge on any atom is 0.163 e. The summed E-state index contributed by atoms with van der Waals surface area (Å²) < 4.78 is 2.39. The van der Waals surface area contributed by atoms with Crippen LogP contribution in [0.5, 0.6) is 0 Å². The monoisotopic (exact) mass is 664 g/mol. The summed E-state index contributed by atoms with van der Waals surface area (Å²) >= 11 is 0. The molecule has 0 fully saturated rings. The van der Waals surface area contributed by atoms with Gasteiger partial charge in [0.05, 0.1) is 16.7 Å². The van der Waals surface area contributed by atoms with E-state index in [1.54, 1.807) is 0 Å². The topological polar surface area (TPSA) is 43.6 Å². The zero-order valence-corrected chi connectivity index (χ0v) is 28.8. The van der Waals surface area contributed by atoms with Gasteiger partial charge in [0.1, 0.15) is 0 Å². The van der Waals surface area contributed by atoms with Crippen LogP contribution in [-0.4, -0.2) is 19.5 Å². The molecule has 0 saturated heterocycles. The summed E-state index contributed by atoms with van der Waals surface area (Å²) in [5.74, 6) is 0.660. The van der Waals surface area contributed by atoms with Gasteiger partial charge in [-0.05, 0) is 104 Å². The van der Waals surface area contributed by atoms with E-state index in [2.05, 4.69) is 164 Å². The van der Waals surface area contributed by atoms with Gasteiger partial charge in [-0.3, -0.25) is 0 Å². The highest BCUT2D eigenvalue weighted by atomic mass is 15.0. The van der Waals surface area contributed by atoms with Gasteiger partial charge in [-0.25, -0.2) is 15.0 Å². The number of hydrogen-bond acceptors (Lipinski definition) is 3. The quantitative estimate of drug-likeness (QED) is 0.189. The Kier molecular flexibility index (Phi) is 5.98. The number of aromatic nitrogens is 4. The predicted octanol–water partition coefficient (Wildman–Crippen LogP) is 12.1. The Labute approximate surface area is 300 Å². The van der Waals surface area contributed by atoms with E-state index >= 15 is 0 Å². The SMILES string of the molecule is CC1(C)c2ccccc2-c2cc(-c3nc(-c4ccc(-n5c6cc7ccccc7cc6c6c7ccccc7ccc65)cc4)nc4ncccc34)ccc21. The lowest BCUT2D eigenvalue weighted by atomic mass is 9.82. The molecule has 7 aromatic carbocycles. The van der Waals surface area contributed by atoms with Crippen molar-refractivity contribution in [2.75, 3.05) is 0 Å². The number of hydrogen-bond donors (Lipinski definition) is 0. The lowest BCUT2D eigenvalue weighted by Gasteiger charge is -2.21. The molecule has 0 saturated carbocycles. The molecule has 0 bridgehead atoms. The highest BCUT2D eigenvalue weighted by Gasteiger charge is 2.35. The minimum Gasteiger partial charge on any atom is -0.309 e. The van der Waals surface area contributed by atoms with E-state index in [0.29, 0.717) is 11.5 Å². The van der Waals surface area contributed by atoms with Crippen molar-refractivity contribution in [2.45, 2.75) is 19.3 Å². The highest BCUT2D eigenvalue weighted by Crippen LogP contribution is 2.49. The molecule has 0 spiro atoms. The van der Waals surface area contributed by atoms with E-state index in [4.69, 9.17) is 15.0 Å². The highest BCUT2D eigenvalue weighted by molar-refractivity contribution is 6.23. The summed E-state index contributed by atoms with van der Waals surface area (Å²) in [5, 5.41) is 8.44. The molecule has 1 aliphatic rings. The first-order valence-corrected chi connectivity index (χ1v) is 17.9. The number of rotatable bonds is 3. The second kappa shape index (κ2) is 10.7. The predicted molar refractivity (Wildman–Crippen MR) is 215 cm³/mol. The van der Waals surface area contributed by atoms with E-state index in [1.807, 2.05) is 12.3 Å². The molecular formula is C48H32N4. The molecule has 3 heterocycles. The molecule has 0 radical (unpaired) electrons. The Morgan fingerprint density at radius 2 is 1.21 bits per heavy atom. The van der Waals surface area contributed by atoms with E-state index in [0.717, 1.165) is 27.9 Å². The summed E-state index contributed by atoms with van der Waals surface area (Å²) in [6.07, 6.45) is 1.81. The summed E-state index contributed by atoms with van der Waals surface area (Å²) in [6, 6.07) is 54.7. The molecule has 0 aliphatic heterocycles. The zero-order chi connectivity index (χ0) is 34.6. The first-order chi connectivity index (χ1) is 25.5. The van der Waals surface area contributed by atoms with E-state index in [9.17, 15) is 0 Å². The van der Waals surface area contributed by atoms with Crippen LogP contribution in [0.15, 0.2) is 158 Å². The van der Waals surface area contributed by atoms with Crippen LogP contribution in [0.3, 0.4) is 0 Å². The van der Waals surface area contributed by atoms with Crippen molar-refractivity contribution < 1.29 is 0 Å². The van der Waals surface area contributed by atoms with Gasteiger partial charge >= 0.3 is 0 Å². The second-order valence-corrected chi connectivity index (χ2v) is 14.5. The van der Waals surface area contributed by atoms with Crippen LogP contribution in [0.4, 0.5) is 0 Å². The van der Waals surface area contributed by atoms with Crippen molar-refractivity contribution in [3.63, 3.8) is 0 Å². The van der Waals surface area contributed by atoms with Gasteiger partial charge in [0, 0.05) is 44.6 Å². The summed E-state index contributed by atoms with van der Waals surface area (Å²) in [7, 11) is 0. The lowest BCUT2D eigenvalue weighted by Crippen LogP contribution is -2.14. The summed E-state index contributed by atoms with van der Waals surface area (Å²) in [5.41, 5.74) is 12.3. The minimum atomic E-state index is -0.0524. The Morgan fingerprint density at radius 3 is 2.08 bits per heavy atom. The Balaban J connectivity index is 1.08. The Hall–Kier alpha value is -6.65. The molecule has 1 aliphatic carbocycles. The van der Waals surface area contributed by atoms with Gasteiger partial charge < -0.3 is 4.57 Å². The van der Waals surface area contributed by atoms with Crippen molar-refractivity contribution in [2.24, 2.45) is 0 Å². The number of fused-ring (bicyclic) bond motifs is 10. The molecule has 0 amide bonds. The van der Waals surface area contributed by atoms with Crippen LogP contribution in [0.25, 0.3) is 93.8 Å². The molecule has 0 unspecified atom stereocenters. The van der Waals surface area contributed by atoms with Crippen LogP contribution in [-0.2, 0) is 5.41 Å². The first-order valence-electron chi connectivity index (χ1n) is 17.9. The third-order valence-electron chi connectivity index (χ3n) is 11.2. The molecule has 4 heteroatoms. The number of benzene rings is 7. The van der Waals surface area contributed by atoms with E-state index < -0.39 is 0 Å². The second-order valence-electron chi connectivity index (χ2n) is 14.5. The van der Waals surface area contributed by atoms with Crippen LogP contribution in [0, 0.1) is 0 Å². The fourth-order valence-corrected chi connectivity index (χ4v) is 8.69. The molecule has 11 rings (SSSR count). The molecule has 3 aromatic heterocycles. The standard InChI is InChI=1S/C48H32N4/c1-48(2)40-16-8-7-14-36(40)38-27-33(19-23-41(38)48)45-37-15-9-25-49-47(37)51-46(50-45)30-17-21-34(22-18-30)52-42-24-20-29-10-5-6-13-35(29)44(42)39-26-31-11-3-4-12-32(31)28-43(39)52/h3-28H,1-2H3. The maximum atomic E-state index is 5.26. The van der Waals surface area contributed by atoms with Gasteiger partial charge in [0.2, 0.25) is 0 Å². The molecule has 0 N–H and O–H groups in total. The van der Waals surface area contributed by atoms with Gasteiger partial charge in [0.15, 0.2) is 11.5 Å². The van der Waals surface area contributed by atoms with Crippen LogP contribution >= 0.6 is 0 Å². The van der Waals surface area contributed by atoms with Crippen molar-refractivity contribution in [1.29, 1.82) is 0 Å². The summed E-state index contributed by atoms with van der Waals surface area (Å²) in [6.45, 7) is 4.62. The third kappa shape index (κ3) is 4.12. The normalized spacial score (nSPS) is 13.3. The number of pyridine rings is 1. The van der Waals surface area contributed by atoms with Gasteiger partial charge in [-0.1, -0.05) is 105 Å². The van der Waals surface area contributed by atoms with Crippen molar-refractivity contribution in [3.8, 4) is 39.5 Å². The molecule has 0 atom stereocenters. The Bertz CT molecular complexity index is 3100. The van der Waals surface area contributed by atoms with Crippen LogP contribution < -0.4 is 0 Å². The fourth-order valence-electron chi connectivity index (χ4n) is 8.69. The van der Waals surface area contributed by atoms with Gasteiger partial charge in [-0.15, -0.1) is 0 Å². The van der Waals surface area contributed by atoms with Crippen molar-refractivity contribution in [3.05, 3.63) is 169 Å². The zero-order valence-electron chi connectivity index (χ0n) is 28.8. The minimum absolute atomic E-state index is 0.0524. The molecule has 244 valence electrons. The van der Waals surface area contributed by atoms with Crippen LogP contribution in [0.1, 0.15) is 25.0 Å². The fraction of sp³-hybridized carbons (Fsp3) is 0.0625. The van der Waals surface area contributed by atoms with Crippen molar-refractivity contribution >= 4 is 54.4 Å². The third-order valence-corrected chi connectivity index (χ3v) is 11.2. The average molecular weight is 665 g/mol. The average Bonchev–Trinajstić information content (AvgIpc) is 3.64. The van der Waals surface area contributed by atoms with Crippen LogP contribution in [0.2, 0.25) is 0 Å². The molecule has 52 heavy (non-hydrogen) atoms.